The van der Waals surface area contributed by atoms with E-state index in [1.54, 1.807) is 12.1 Å². The Morgan fingerprint density at radius 1 is 0.821 bits per heavy atom. The molecule has 1 unspecified atom stereocenters. The Morgan fingerprint density at radius 3 is 2.14 bits per heavy atom. The molecule has 2 aromatic rings. The van der Waals surface area contributed by atoms with Crippen LogP contribution < -0.4 is 4.74 Å². The first kappa shape index (κ1) is 21.7. The van der Waals surface area contributed by atoms with E-state index in [0.29, 0.717) is 12.2 Å². The van der Waals surface area contributed by atoms with Gasteiger partial charge in [0.2, 0.25) is 0 Å². The maximum Gasteiger partial charge on any atom is 0.311 e. The van der Waals surface area contributed by atoms with Crippen LogP contribution in [0.3, 0.4) is 0 Å². The second-order valence-corrected chi connectivity index (χ2v) is 7.01. The second-order valence-electron chi connectivity index (χ2n) is 7.01. The van der Waals surface area contributed by atoms with Crippen molar-refractivity contribution in [3.05, 3.63) is 54.6 Å². The monoisotopic (exact) mass is 382 g/mol. The number of ether oxygens (including phenoxy) is 2. The van der Waals surface area contributed by atoms with E-state index in [1.165, 1.54) is 0 Å². The first-order valence-corrected chi connectivity index (χ1v) is 10.1. The number of hydrogen-bond acceptors (Lipinski definition) is 4. The molecule has 0 heterocycles. The SMILES string of the molecule is CCCCCC(C)OC(=O)CCCC(=O)Oc1ccc(-c2ccccc2)cc1. The van der Waals surface area contributed by atoms with E-state index < -0.39 is 0 Å². The molecule has 2 rings (SSSR count). The first-order valence-electron chi connectivity index (χ1n) is 10.1. The van der Waals surface area contributed by atoms with Gasteiger partial charge in [0, 0.05) is 12.8 Å². The van der Waals surface area contributed by atoms with Gasteiger partial charge in [-0.15, -0.1) is 0 Å². The highest BCUT2D eigenvalue weighted by Gasteiger charge is 2.11. The molecule has 28 heavy (non-hydrogen) atoms. The summed E-state index contributed by atoms with van der Waals surface area (Å²) in [5.41, 5.74) is 2.18. The zero-order chi connectivity index (χ0) is 20.2. The molecule has 0 aromatic heterocycles. The minimum atomic E-state index is -0.337. The van der Waals surface area contributed by atoms with Crippen LogP contribution in [0.2, 0.25) is 0 Å². The molecule has 0 amide bonds. The summed E-state index contributed by atoms with van der Waals surface area (Å²) in [5.74, 6) is -0.0722. The molecule has 150 valence electrons. The Bertz CT molecular complexity index is 722. The third kappa shape index (κ3) is 7.95. The second kappa shape index (κ2) is 12.0. The maximum absolute atomic E-state index is 12.0. The average molecular weight is 382 g/mol. The van der Waals surface area contributed by atoms with Crippen molar-refractivity contribution in [2.24, 2.45) is 0 Å². The van der Waals surface area contributed by atoms with E-state index in [9.17, 15) is 9.59 Å². The van der Waals surface area contributed by atoms with E-state index in [2.05, 4.69) is 6.92 Å². The zero-order valence-corrected chi connectivity index (χ0v) is 16.9. The van der Waals surface area contributed by atoms with Crippen LogP contribution in [0.5, 0.6) is 5.75 Å². The normalized spacial score (nSPS) is 11.6. The molecule has 0 aliphatic heterocycles. The topological polar surface area (TPSA) is 52.6 Å². The maximum atomic E-state index is 12.0. The van der Waals surface area contributed by atoms with E-state index in [4.69, 9.17) is 9.47 Å². The van der Waals surface area contributed by atoms with Gasteiger partial charge in [-0.25, -0.2) is 0 Å². The summed E-state index contributed by atoms with van der Waals surface area (Å²) in [4.78, 5) is 23.8. The number of rotatable bonds is 11. The molecule has 0 bridgehead atoms. The summed E-state index contributed by atoms with van der Waals surface area (Å²) in [5, 5.41) is 0. The van der Waals surface area contributed by atoms with Crippen LogP contribution in [0.15, 0.2) is 54.6 Å². The Balaban J connectivity index is 1.67. The molecule has 0 saturated carbocycles. The molecule has 4 heteroatoms. The van der Waals surface area contributed by atoms with Crippen LogP contribution >= 0.6 is 0 Å². The number of carbonyl (C=O) groups is 2. The molecule has 4 nitrogen and oxygen atoms in total. The number of unbranched alkanes of at least 4 members (excludes halogenated alkanes) is 2. The van der Waals surface area contributed by atoms with Crippen LogP contribution in [0.1, 0.15) is 58.8 Å². The van der Waals surface area contributed by atoms with Gasteiger partial charge in [0.25, 0.3) is 0 Å². The molecule has 1 atom stereocenters. The fourth-order valence-corrected chi connectivity index (χ4v) is 2.93. The lowest BCUT2D eigenvalue weighted by Crippen LogP contribution is -2.15. The standard InChI is InChI=1S/C24H30O4/c1-3-4-6-10-19(2)27-23(25)13-9-14-24(26)28-22-17-15-21(16-18-22)20-11-7-5-8-12-20/h5,7-8,11-12,15-19H,3-4,6,9-10,13-14H2,1-2H3. The van der Waals surface area contributed by atoms with Gasteiger partial charge in [0.05, 0.1) is 6.10 Å². The highest BCUT2D eigenvalue weighted by Crippen LogP contribution is 2.22. The van der Waals surface area contributed by atoms with Crippen LogP contribution in [0, 0.1) is 0 Å². The van der Waals surface area contributed by atoms with Crippen LogP contribution in [-0.2, 0) is 14.3 Å². The molecule has 0 fully saturated rings. The van der Waals surface area contributed by atoms with Gasteiger partial charge in [-0.1, -0.05) is 62.2 Å². The number of esters is 2. The lowest BCUT2D eigenvalue weighted by molar-refractivity contribution is -0.148. The summed E-state index contributed by atoms with van der Waals surface area (Å²) in [6, 6.07) is 17.4. The van der Waals surface area contributed by atoms with Gasteiger partial charge < -0.3 is 9.47 Å². The van der Waals surface area contributed by atoms with E-state index in [-0.39, 0.29) is 30.9 Å². The highest BCUT2D eigenvalue weighted by molar-refractivity contribution is 5.74. The fraction of sp³-hybridized carbons (Fsp3) is 0.417. The zero-order valence-electron chi connectivity index (χ0n) is 16.9. The summed E-state index contributed by atoms with van der Waals surface area (Å²) in [6.07, 6.45) is 5.06. The minimum Gasteiger partial charge on any atom is -0.463 e. The molecule has 0 aliphatic carbocycles. The van der Waals surface area contributed by atoms with Crippen LogP contribution in [0.4, 0.5) is 0 Å². The number of carbonyl (C=O) groups excluding carboxylic acids is 2. The van der Waals surface area contributed by atoms with Crippen molar-refractivity contribution in [1.82, 2.24) is 0 Å². The lowest BCUT2D eigenvalue weighted by atomic mass is 10.1. The van der Waals surface area contributed by atoms with Crippen molar-refractivity contribution in [2.45, 2.75) is 64.9 Å². The third-order valence-corrected chi connectivity index (χ3v) is 4.50. The van der Waals surface area contributed by atoms with Crippen LogP contribution in [0.25, 0.3) is 11.1 Å². The van der Waals surface area contributed by atoms with Gasteiger partial charge in [0.15, 0.2) is 0 Å². The molecule has 0 radical (unpaired) electrons. The Hall–Kier alpha value is -2.62. The molecular formula is C24H30O4. The van der Waals surface area contributed by atoms with Gasteiger partial charge in [-0.3, -0.25) is 9.59 Å². The van der Waals surface area contributed by atoms with Gasteiger partial charge in [-0.2, -0.15) is 0 Å². The quantitative estimate of drug-likeness (QED) is 0.274. The number of benzene rings is 2. The van der Waals surface area contributed by atoms with Crippen molar-refractivity contribution in [1.29, 1.82) is 0 Å². The molecule has 2 aromatic carbocycles. The lowest BCUT2D eigenvalue weighted by Gasteiger charge is -2.12. The van der Waals surface area contributed by atoms with E-state index in [1.807, 2.05) is 49.4 Å². The first-order chi connectivity index (χ1) is 13.6. The minimum absolute atomic E-state index is 0.0610. The summed E-state index contributed by atoms with van der Waals surface area (Å²) in [6.45, 7) is 4.06. The molecule has 0 spiro atoms. The largest absolute Gasteiger partial charge is 0.463 e. The summed E-state index contributed by atoms with van der Waals surface area (Å²) < 4.78 is 10.7. The van der Waals surface area contributed by atoms with Gasteiger partial charge >= 0.3 is 11.9 Å². The van der Waals surface area contributed by atoms with Gasteiger partial charge in [0.1, 0.15) is 5.75 Å². The average Bonchev–Trinajstić information content (AvgIpc) is 2.69. The van der Waals surface area contributed by atoms with Crippen LogP contribution in [-0.4, -0.2) is 18.0 Å². The Morgan fingerprint density at radius 2 is 1.46 bits per heavy atom. The van der Waals surface area contributed by atoms with E-state index >= 15 is 0 Å². The molecule has 0 saturated heterocycles. The van der Waals surface area contributed by atoms with Crippen molar-refractivity contribution in [3.8, 4) is 16.9 Å². The third-order valence-electron chi connectivity index (χ3n) is 4.50. The van der Waals surface area contributed by atoms with Crippen molar-refractivity contribution in [2.75, 3.05) is 0 Å². The Kier molecular flexibility index (Phi) is 9.26. The van der Waals surface area contributed by atoms with E-state index in [0.717, 1.165) is 36.8 Å². The van der Waals surface area contributed by atoms with Crippen molar-refractivity contribution in [3.63, 3.8) is 0 Å². The summed E-state index contributed by atoms with van der Waals surface area (Å²) >= 11 is 0. The predicted molar refractivity (Wildman–Crippen MR) is 111 cm³/mol. The molecule has 0 aliphatic rings. The molecular weight excluding hydrogens is 352 g/mol. The smallest absolute Gasteiger partial charge is 0.311 e. The van der Waals surface area contributed by atoms with Crippen molar-refractivity contribution < 1.29 is 19.1 Å². The fourth-order valence-electron chi connectivity index (χ4n) is 2.93. The van der Waals surface area contributed by atoms with Gasteiger partial charge in [-0.05, 0) is 49.4 Å². The highest BCUT2D eigenvalue weighted by atomic mass is 16.5. The number of hydrogen-bond donors (Lipinski definition) is 0. The predicted octanol–water partition coefficient (Wildman–Crippen LogP) is 5.94. The van der Waals surface area contributed by atoms with Crippen molar-refractivity contribution >= 4 is 11.9 Å². The molecule has 0 N–H and O–H groups in total. The Labute approximate surface area is 167 Å². The summed E-state index contributed by atoms with van der Waals surface area (Å²) in [7, 11) is 0.